The van der Waals surface area contributed by atoms with Gasteiger partial charge in [-0.1, -0.05) is 13.0 Å². The number of pyridine rings is 1. The number of aromatic carboxylic acids is 1. The normalized spacial score (nSPS) is 10.5. The van der Waals surface area contributed by atoms with Gasteiger partial charge in [-0.05, 0) is 42.7 Å². The van der Waals surface area contributed by atoms with Crippen LogP contribution in [0.5, 0.6) is 0 Å². The molecule has 0 saturated heterocycles. The van der Waals surface area contributed by atoms with E-state index in [1.54, 1.807) is 17.9 Å². The maximum absolute atomic E-state index is 13.2. The van der Waals surface area contributed by atoms with Crippen molar-refractivity contribution in [1.29, 1.82) is 0 Å². The molecule has 6 heteroatoms. The second-order valence-electron chi connectivity index (χ2n) is 5.56. The van der Waals surface area contributed by atoms with E-state index in [0.717, 1.165) is 17.5 Å². The molecular formula is C18H19FN2O3. The van der Waals surface area contributed by atoms with Gasteiger partial charge in [-0.25, -0.2) is 9.18 Å². The van der Waals surface area contributed by atoms with Crippen LogP contribution >= 0.6 is 0 Å². The van der Waals surface area contributed by atoms with Crippen molar-refractivity contribution in [3.63, 3.8) is 0 Å². The molecule has 0 spiro atoms. The number of rotatable bonds is 6. The molecule has 0 radical (unpaired) electrons. The Morgan fingerprint density at radius 3 is 2.54 bits per heavy atom. The van der Waals surface area contributed by atoms with Crippen LogP contribution in [-0.2, 0) is 6.54 Å². The van der Waals surface area contributed by atoms with Gasteiger partial charge in [0, 0.05) is 25.5 Å². The largest absolute Gasteiger partial charge is 0.478 e. The Bertz CT molecular complexity index is 762. The molecule has 0 aliphatic heterocycles. The van der Waals surface area contributed by atoms with E-state index in [0.29, 0.717) is 13.1 Å². The number of hydrogen-bond acceptors (Lipinski definition) is 3. The van der Waals surface area contributed by atoms with Crippen molar-refractivity contribution in [2.75, 3.05) is 6.54 Å². The molecule has 126 valence electrons. The highest BCUT2D eigenvalue weighted by molar-refractivity contribution is 5.97. The highest BCUT2D eigenvalue weighted by Gasteiger charge is 2.18. The van der Waals surface area contributed by atoms with E-state index in [4.69, 9.17) is 5.11 Å². The highest BCUT2D eigenvalue weighted by Crippen LogP contribution is 2.16. The fourth-order valence-electron chi connectivity index (χ4n) is 2.42. The molecule has 1 aromatic heterocycles. The fraction of sp³-hybridized carbons (Fsp3) is 0.278. The van der Waals surface area contributed by atoms with Gasteiger partial charge in [0.05, 0.1) is 11.1 Å². The number of amides is 1. The van der Waals surface area contributed by atoms with Gasteiger partial charge >= 0.3 is 5.97 Å². The van der Waals surface area contributed by atoms with E-state index < -0.39 is 5.97 Å². The lowest BCUT2D eigenvalue weighted by atomic mass is 10.1. The Balaban J connectivity index is 2.27. The molecule has 0 bridgehead atoms. The van der Waals surface area contributed by atoms with Gasteiger partial charge in [0.1, 0.15) is 5.82 Å². The summed E-state index contributed by atoms with van der Waals surface area (Å²) in [6.07, 6.45) is 3.31. The van der Waals surface area contributed by atoms with Crippen LogP contribution in [0.1, 0.15) is 45.2 Å². The van der Waals surface area contributed by atoms with Crippen molar-refractivity contribution < 1.29 is 19.1 Å². The van der Waals surface area contributed by atoms with E-state index in [2.05, 4.69) is 4.98 Å². The third-order valence-electron chi connectivity index (χ3n) is 3.68. The summed E-state index contributed by atoms with van der Waals surface area (Å²) < 4.78 is 13.2. The van der Waals surface area contributed by atoms with E-state index in [1.807, 2.05) is 6.92 Å². The molecule has 1 N–H and O–H groups in total. The highest BCUT2D eigenvalue weighted by atomic mass is 19.1. The number of benzene rings is 1. The number of carboxylic acids is 1. The molecule has 0 fully saturated rings. The van der Waals surface area contributed by atoms with Gasteiger partial charge in [0.25, 0.3) is 5.91 Å². The SMILES string of the molecule is CCCN(Cc1ccc(F)cc1C)C(=O)c1cncc(C(=O)O)c1. The molecule has 0 aliphatic rings. The van der Waals surface area contributed by atoms with Gasteiger partial charge in [-0.2, -0.15) is 0 Å². The molecule has 2 aromatic rings. The Kier molecular flexibility index (Phi) is 5.63. The van der Waals surface area contributed by atoms with Crippen LogP contribution in [-0.4, -0.2) is 33.4 Å². The van der Waals surface area contributed by atoms with E-state index in [1.165, 1.54) is 30.6 Å². The first-order chi connectivity index (χ1) is 11.4. The van der Waals surface area contributed by atoms with Crippen LogP contribution in [0.15, 0.2) is 36.7 Å². The summed E-state index contributed by atoms with van der Waals surface area (Å²) in [7, 11) is 0. The number of aryl methyl sites for hydroxylation is 1. The zero-order valence-corrected chi connectivity index (χ0v) is 13.6. The topological polar surface area (TPSA) is 70.5 Å². The minimum atomic E-state index is -1.13. The van der Waals surface area contributed by atoms with Crippen LogP contribution in [0, 0.1) is 12.7 Å². The number of carbonyl (C=O) groups is 2. The predicted octanol–water partition coefficient (Wildman–Crippen LogP) is 3.28. The average molecular weight is 330 g/mol. The van der Waals surface area contributed by atoms with Gasteiger partial charge < -0.3 is 10.0 Å². The van der Waals surface area contributed by atoms with Crippen molar-refractivity contribution in [3.8, 4) is 0 Å². The van der Waals surface area contributed by atoms with E-state index in [-0.39, 0.29) is 22.9 Å². The first-order valence-electron chi connectivity index (χ1n) is 7.65. The molecule has 1 heterocycles. The third-order valence-corrected chi connectivity index (χ3v) is 3.68. The van der Waals surface area contributed by atoms with Crippen LogP contribution in [0.25, 0.3) is 0 Å². The molecule has 24 heavy (non-hydrogen) atoms. The van der Waals surface area contributed by atoms with Crippen molar-refractivity contribution in [3.05, 3.63) is 64.7 Å². The van der Waals surface area contributed by atoms with Crippen molar-refractivity contribution in [2.45, 2.75) is 26.8 Å². The lowest BCUT2D eigenvalue weighted by Crippen LogP contribution is -2.31. The molecule has 1 amide bonds. The summed E-state index contributed by atoms with van der Waals surface area (Å²) >= 11 is 0. The number of carbonyl (C=O) groups excluding carboxylic acids is 1. The van der Waals surface area contributed by atoms with Gasteiger partial charge in [0.2, 0.25) is 0 Å². The first-order valence-corrected chi connectivity index (χ1v) is 7.65. The van der Waals surface area contributed by atoms with E-state index in [9.17, 15) is 14.0 Å². The summed E-state index contributed by atoms with van der Waals surface area (Å²) in [5.74, 6) is -1.74. The molecule has 0 atom stereocenters. The van der Waals surface area contributed by atoms with Crippen molar-refractivity contribution in [2.24, 2.45) is 0 Å². The zero-order valence-electron chi connectivity index (χ0n) is 13.6. The fourth-order valence-corrected chi connectivity index (χ4v) is 2.42. The predicted molar refractivity (Wildman–Crippen MR) is 87.4 cm³/mol. The number of carboxylic acid groups (broad SMARTS) is 1. The molecular weight excluding hydrogens is 311 g/mol. The molecule has 2 rings (SSSR count). The summed E-state index contributed by atoms with van der Waals surface area (Å²) in [6.45, 7) is 4.58. The lowest BCUT2D eigenvalue weighted by molar-refractivity contribution is 0.0696. The number of aromatic nitrogens is 1. The summed E-state index contributed by atoms with van der Waals surface area (Å²) in [4.78, 5) is 29.2. The Hall–Kier alpha value is -2.76. The average Bonchev–Trinajstić information content (AvgIpc) is 2.56. The third kappa shape index (κ3) is 4.16. The van der Waals surface area contributed by atoms with E-state index >= 15 is 0 Å². The number of nitrogens with zero attached hydrogens (tertiary/aromatic N) is 2. The van der Waals surface area contributed by atoms with Crippen LogP contribution < -0.4 is 0 Å². The zero-order chi connectivity index (χ0) is 17.7. The van der Waals surface area contributed by atoms with Gasteiger partial charge in [0.15, 0.2) is 0 Å². The second kappa shape index (κ2) is 7.68. The number of halogens is 1. The Morgan fingerprint density at radius 1 is 1.21 bits per heavy atom. The second-order valence-corrected chi connectivity index (χ2v) is 5.56. The molecule has 1 aromatic carbocycles. The van der Waals surface area contributed by atoms with Gasteiger partial charge in [-0.3, -0.25) is 9.78 Å². The standard InChI is InChI=1S/C18H19FN2O3/c1-3-6-21(11-13-4-5-16(19)7-12(13)2)17(22)14-8-15(18(23)24)10-20-9-14/h4-5,7-10H,3,6,11H2,1-2H3,(H,23,24). The minimum Gasteiger partial charge on any atom is -0.478 e. The summed E-state index contributed by atoms with van der Waals surface area (Å²) in [5, 5.41) is 9.03. The van der Waals surface area contributed by atoms with Crippen molar-refractivity contribution in [1.82, 2.24) is 9.88 Å². The number of hydrogen-bond donors (Lipinski definition) is 1. The first kappa shape index (κ1) is 17.6. The van der Waals surface area contributed by atoms with Crippen LogP contribution in [0.4, 0.5) is 4.39 Å². The lowest BCUT2D eigenvalue weighted by Gasteiger charge is -2.23. The Morgan fingerprint density at radius 2 is 1.92 bits per heavy atom. The van der Waals surface area contributed by atoms with Crippen molar-refractivity contribution >= 4 is 11.9 Å². The molecule has 5 nitrogen and oxygen atoms in total. The summed E-state index contributed by atoms with van der Waals surface area (Å²) in [5.41, 5.74) is 1.81. The molecule has 0 saturated carbocycles. The summed E-state index contributed by atoms with van der Waals surface area (Å²) in [6, 6.07) is 5.77. The molecule has 0 unspecified atom stereocenters. The maximum Gasteiger partial charge on any atom is 0.337 e. The smallest absolute Gasteiger partial charge is 0.337 e. The van der Waals surface area contributed by atoms with Crippen LogP contribution in [0.3, 0.4) is 0 Å². The minimum absolute atomic E-state index is 0.0322. The quantitative estimate of drug-likeness (QED) is 0.882. The molecule has 0 aliphatic carbocycles. The van der Waals surface area contributed by atoms with Crippen LogP contribution in [0.2, 0.25) is 0 Å². The monoisotopic (exact) mass is 330 g/mol. The maximum atomic E-state index is 13.2. The van der Waals surface area contributed by atoms with Gasteiger partial charge in [-0.15, -0.1) is 0 Å². The Labute approximate surface area is 139 Å².